The molecule has 1 aromatic carbocycles. The lowest BCUT2D eigenvalue weighted by molar-refractivity contribution is -0.312. The second-order valence-corrected chi connectivity index (χ2v) is 6.00. The molecular weight excluding hydrogens is 380 g/mol. The van der Waals surface area contributed by atoms with E-state index in [9.17, 15) is 24.6 Å². The molecule has 6 nitrogen and oxygen atoms in total. The van der Waals surface area contributed by atoms with E-state index in [1.54, 1.807) is 0 Å². The van der Waals surface area contributed by atoms with Crippen molar-refractivity contribution in [1.29, 1.82) is 0 Å². The molecule has 2 atom stereocenters. The van der Waals surface area contributed by atoms with Crippen molar-refractivity contribution in [2.24, 2.45) is 0 Å². The number of carbonyl (C=O) groups is 3. The number of halogens is 4. The molecule has 2 amide bonds. The lowest BCUT2D eigenvalue weighted by atomic mass is 10.1. The van der Waals surface area contributed by atoms with Gasteiger partial charge >= 0.3 is 0 Å². The first kappa shape index (κ1) is 17.3. The zero-order valence-corrected chi connectivity index (χ0v) is 13.7. The molecule has 1 N–H and O–H groups in total. The summed E-state index contributed by atoms with van der Waals surface area (Å²) in [6, 6.07) is -1.91. The van der Waals surface area contributed by atoms with Crippen LogP contribution >= 0.6 is 46.4 Å². The fourth-order valence-corrected chi connectivity index (χ4v) is 3.15. The molecule has 0 bridgehead atoms. The van der Waals surface area contributed by atoms with Crippen molar-refractivity contribution in [1.82, 2.24) is 4.90 Å². The predicted octanol–water partition coefficient (Wildman–Crippen LogP) is 1.40. The first-order valence-electron chi connectivity index (χ1n) is 5.74. The Morgan fingerprint density at radius 2 is 1.36 bits per heavy atom. The number of carboxylic acids is 1. The maximum atomic E-state index is 12.4. The van der Waals surface area contributed by atoms with Crippen LogP contribution < -0.4 is 5.11 Å². The van der Waals surface area contributed by atoms with Crippen LogP contribution in [0.3, 0.4) is 0 Å². The van der Waals surface area contributed by atoms with Gasteiger partial charge in [0.2, 0.25) is 0 Å². The molecule has 2 rings (SSSR count). The summed E-state index contributed by atoms with van der Waals surface area (Å²) in [5.41, 5.74) is -0.726. The molecule has 0 unspecified atom stereocenters. The van der Waals surface area contributed by atoms with Crippen molar-refractivity contribution in [3.05, 3.63) is 31.2 Å². The van der Waals surface area contributed by atoms with Gasteiger partial charge in [-0.25, -0.2) is 0 Å². The fourth-order valence-electron chi connectivity index (χ4n) is 2.14. The van der Waals surface area contributed by atoms with E-state index >= 15 is 0 Å². The van der Waals surface area contributed by atoms with Gasteiger partial charge in [-0.2, -0.15) is 0 Å². The van der Waals surface area contributed by atoms with Gasteiger partial charge in [0.25, 0.3) is 11.8 Å². The number of nitrogens with zero attached hydrogens (tertiary/aromatic N) is 1. The van der Waals surface area contributed by atoms with Crippen LogP contribution in [0.1, 0.15) is 27.6 Å². The highest BCUT2D eigenvalue weighted by atomic mass is 35.5. The molecule has 0 aliphatic carbocycles. The summed E-state index contributed by atoms with van der Waals surface area (Å²) in [6.45, 7) is 1.09. The molecule has 1 aliphatic rings. The Hall–Kier alpha value is -1.05. The van der Waals surface area contributed by atoms with Crippen molar-refractivity contribution >= 4 is 64.2 Å². The number of aliphatic carboxylic acids is 1. The number of amides is 2. The number of hydrogen-bond acceptors (Lipinski definition) is 5. The van der Waals surface area contributed by atoms with E-state index in [2.05, 4.69) is 0 Å². The monoisotopic (exact) mass is 384 g/mol. The van der Waals surface area contributed by atoms with Crippen molar-refractivity contribution in [2.45, 2.75) is 19.1 Å². The van der Waals surface area contributed by atoms with Crippen LogP contribution in [0.4, 0.5) is 0 Å². The van der Waals surface area contributed by atoms with Gasteiger partial charge in [-0.3, -0.25) is 14.5 Å². The Labute approximate surface area is 144 Å². The molecule has 0 radical (unpaired) electrons. The van der Waals surface area contributed by atoms with Gasteiger partial charge in [0.05, 0.1) is 43.3 Å². The van der Waals surface area contributed by atoms with Gasteiger partial charge in [0.15, 0.2) is 0 Å². The number of aliphatic hydroxyl groups excluding tert-OH is 1. The van der Waals surface area contributed by atoms with E-state index in [4.69, 9.17) is 46.4 Å². The number of carbonyl (C=O) groups excluding carboxylic acids is 3. The smallest absolute Gasteiger partial charge is 0.263 e. The van der Waals surface area contributed by atoms with Gasteiger partial charge in [0.1, 0.15) is 6.04 Å². The van der Waals surface area contributed by atoms with Gasteiger partial charge in [-0.05, 0) is 6.92 Å². The van der Waals surface area contributed by atoms with E-state index in [0.717, 1.165) is 6.92 Å². The van der Waals surface area contributed by atoms with Crippen LogP contribution in [0.15, 0.2) is 0 Å². The number of fused-ring (bicyclic) bond motifs is 1. The largest absolute Gasteiger partial charge is 0.548 e. The van der Waals surface area contributed by atoms with Crippen LogP contribution in [0, 0.1) is 0 Å². The Balaban J connectivity index is 2.71. The third-order valence-electron chi connectivity index (χ3n) is 3.11. The third-order valence-corrected chi connectivity index (χ3v) is 4.91. The van der Waals surface area contributed by atoms with E-state index in [0.29, 0.717) is 4.90 Å². The molecule has 10 heteroatoms. The molecule has 118 valence electrons. The lowest BCUT2D eigenvalue weighted by Gasteiger charge is -2.29. The highest BCUT2D eigenvalue weighted by Crippen LogP contribution is 2.45. The molecule has 0 aromatic heterocycles. The van der Waals surface area contributed by atoms with Crippen LogP contribution in [-0.2, 0) is 4.79 Å². The molecule has 1 aromatic rings. The summed E-state index contributed by atoms with van der Waals surface area (Å²) >= 11 is 23.5. The molecule has 0 fully saturated rings. The van der Waals surface area contributed by atoms with Crippen LogP contribution in [0.25, 0.3) is 0 Å². The first-order valence-corrected chi connectivity index (χ1v) is 7.25. The minimum atomic E-state index is -1.91. The fraction of sp³-hybridized carbons (Fsp3) is 0.250. The number of carboxylic acid groups (broad SMARTS) is 1. The number of benzene rings is 1. The molecule has 0 spiro atoms. The number of imide groups is 1. The zero-order valence-electron chi connectivity index (χ0n) is 10.7. The zero-order chi connectivity index (χ0) is 16.9. The van der Waals surface area contributed by atoms with Gasteiger partial charge < -0.3 is 15.0 Å². The minimum Gasteiger partial charge on any atom is -0.548 e. The summed E-state index contributed by atoms with van der Waals surface area (Å²) in [5, 5.41) is 19.5. The first-order chi connectivity index (χ1) is 10.1. The minimum absolute atomic E-state index is 0.239. The predicted molar refractivity (Wildman–Crippen MR) is 77.5 cm³/mol. The Kier molecular flexibility index (Phi) is 4.61. The van der Waals surface area contributed by atoms with E-state index in [-0.39, 0.29) is 31.2 Å². The average molecular weight is 386 g/mol. The van der Waals surface area contributed by atoms with Gasteiger partial charge in [0, 0.05) is 0 Å². The quantitative estimate of drug-likeness (QED) is 0.481. The van der Waals surface area contributed by atoms with Crippen molar-refractivity contribution in [2.75, 3.05) is 0 Å². The second kappa shape index (κ2) is 5.86. The number of rotatable bonds is 3. The average Bonchev–Trinajstić information content (AvgIpc) is 2.67. The van der Waals surface area contributed by atoms with Crippen LogP contribution in [-0.4, -0.2) is 39.9 Å². The SMILES string of the molecule is C[C@@H](O)[C@@H](C(=O)[O-])N1C(=O)c2c(Cl)c(Cl)c(Cl)c(Cl)c2C1=O. The maximum absolute atomic E-state index is 12.4. The van der Waals surface area contributed by atoms with E-state index < -0.39 is 29.9 Å². The van der Waals surface area contributed by atoms with Gasteiger partial charge in [-0.15, -0.1) is 0 Å². The van der Waals surface area contributed by atoms with Crippen molar-refractivity contribution < 1.29 is 24.6 Å². The van der Waals surface area contributed by atoms with E-state index in [1.807, 2.05) is 0 Å². The lowest BCUT2D eigenvalue weighted by Crippen LogP contribution is -2.55. The standard InChI is InChI=1S/C12H7Cl4NO5/c1-2(18)9(12(21)22)17-10(19)3-4(11(17)20)6(14)8(16)7(15)5(3)13/h2,9,18H,1H3,(H,21,22)/p-1/t2-,9+/m1/s1. The number of hydrogen-bond donors (Lipinski definition) is 1. The Morgan fingerprint density at radius 1 is 1.00 bits per heavy atom. The summed E-state index contributed by atoms with van der Waals surface area (Å²) in [4.78, 5) is 36.2. The molecular formula is C12H6Cl4NO5-. The second-order valence-electron chi connectivity index (χ2n) is 4.49. The van der Waals surface area contributed by atoms with E-state index in [1.165, 1.54) is 0 Å². The summed E-state index contributed by atoms with van der Waals surface area (Å²) in [5.74, 6) is -3.92. The van der Waals surface area contributed by atoms with Crippen molar-refractivity contribution in [3.8, 4) is 0 Å². The molecule has 0 saturated heterocycles. The van der Waals surface area contributed by atoms with Crippen LogP contribution in [0.5, 0.6) is 0 Å². The Bertz CT molecular complexity index is 671. The summed E-state index contributed by atoms with van der Waals surface area (Å²) in [7, 11) is 0. The molecule has 22 heavy (non-hydrogen) atoms. The summed E-state index contributed by atoms with van der Waals surface area (Å²) in [6.07, 6.45) is -1.57. The van der Waals surface area contributed by atoms with Gasteiger partial charge in [-0.1, -0.05) is 46.4 Å². The molecule has 1 heterocycles. The Morgan fingerprint density at radius 3 is 1.64 bits per heavy atom. The van der Waals surface area contributed by atoms with Crippen molar-refractivity contribution in [3.63, 3.8) is 0 Å². The maximum Gasteiger partial charge on any atom is 0.263 e. The third kappa shape index (κ3) is 2.35. The number of aliphatic hydroxyl groups is 1. The van der Waals surface area contributed by atoms with Crippen LogP contribution in [0.2, 0.25) is 20.1 Å². The normalized spacial score (nSPS) is 16.7. The molecule has 1 aliphatic heterocycles. The highest BCUT2D eigenvalue weighted by molar-refractivity contribution is 6.55. The highest BCUT2D eigenvalue weighted by Gasteiger charge is 2.46. The topological polar surface area (TPSA) is 97.7 Å². The summed E-state index contributed by atoms with van der Waals surface area (Å²) < 4.78 is 0. The molecule has 0 saturated carbocycles.